The van der Waals surface area contributed by atoms with Crippen molar-refractivity contribution in [3.05, 3.63) is 53.6 Å². The zero-order chi connectivity index (χ0) is 27.9. The van der Waals surface area contributed by atoms with Crippen LogP contribution in [0.25, 0.3) is 6.08 Å². The van der Waals surface area contributed by atoms with E-state index in [1.54, 1.807) is 26.8 Å². The number of carbonyl (C=O) groups excluding carboxylic acids is 3. The van der Waals surface area contributed by atoms with Gasteiger partial charge in [0, 0.05) is 25.8 Å². The highest BCUT2D eigenvalue weighted by molar-refractivity contribution is 5.85. The molecule has 0 aliphatic carbocycles. The van der Waals surface area contributed by atoms with Gasteiger partial charge in [-0.2, -0.15) is 0 Å². The summed E-state index contributed by atoms with van der Waals surface area (Å²) in [5, 5.41) is 14.2. The molecule has 5 atom stereocenters. The summed E-state index contributed by atoms with van der Waals surface area (Å²) >= 11 is 0. The highest BCUT2D eigenvalue weighted by atomic mass is 16.7. The summed E-state index contributed by atoms with van der Waals surface area (Å²) < 4.78 is 28.1. The van der Waals surface area contributed by atoms with Crippen LogP contribution in [0, 0.1) is 0 Å². The molecule has 2 fully saturated rings. The lowest BCUT2D eigenvalue weighted by molar-refractivity contribution is -0.211. The fourth-order valence-electron chi connectivity index (χ4n) is 4.71. The van der Waals surface area contributed by atoms with Crippen molar-refractivity contribution in [2.75, 3.05) is 20.3 Å². The molecule has 0 spiro atoms. The largest absolute Gasteiger partial charge is 0.467 e. The Labute approximate surface area is 222 Å². The maximum atomic E-state index is 13.3. The summed E-state index contributed by atoms with van der Waals surface area (Å²) in [4.78, 5) is 38.0. The third-order valence-corrected chi connectivity index (χ3v) is 6.39. The van der Waals surface area contributed by atoms with Crippen LogP contribution in [0.2, 0.25) is 0 Å². The van der Waals surface area contributed by atoms with Crippen molar-refractivity contribution < 1.29 is 43.2 Å². The number of carbonyl (C=O) groups is 3. The number of amides is 1. The molecule has 1 aromatic rings. The maximum Gasteiger partial charge on any atom is 0.338 e. The van der Waals surface area contributed by atoms with Crippen molar-refractivity contribution in [2.45, 2.75) is 76.3 Å². The van der Waals surface area contributed by atoms with Gasteiger partial charge in [-0.1, -0.05) is 42.5 Å². The number of rotatable bonds is 9. The molecular formula is C28H37NO9. The first-order valence-electron chi connectivity index (χ1n) is 12.6. The first-order valence-corrected chi connectivity index (χ1v) is 12.6. The van der Waals surface area contributed by atoms with E-state index in [9.17, 15) is 19.5 Å². The molecule has 3 rings (SSSR count). The SMILES string of the molecule is CCOC(=O)/C=C1\C[C@](C/C=C/c2ccccc2)(C(=O)OC)O[C@@H]([C@H](O)[C@H]2COC(C)(C)O2)[C@@H]1NC(C)=O. The van der Waals surface area contributed by atoms with Crippen LogP contribution in [0.5, 0.6) is 0 Å². The Hall–Kier alpha value is -3.05. The summed E-state index contributed by atoms with van der Waals surface area (Å²) in [6.07, 6.45) is 1.50. The Morgan fingerprint density at radius 3 is 2.50 bits per heavy atom. The summed E-state index contributed by atoms with van der Waals surface area (Å²) in [5.74, 6) is -2.68. The van der Waals surface area contributed by atoms with E-state index in [0.717, 1.165) is 5.56 Å². The van der Waals surface area contributed by atoms with Crippen LogP contribution in [0.1, 0.15) is 46.1 Å². The van der Waals surface area contributed by atoms with Crippen LogP contribution in [-0.4, -0.2) is 79.0 Å². The normalized spacial score (nSPS) is 28.7. The van der Waals surface area contributed by atoms with Gasteiger partial charge in [-0.3, -0.25) is 4.79 Å². The van der Waals surface area contributed by atoms with E-state index < -0.39 is 53.6 Å². The topological polar surface area (TPSA) is 130 Å². The van der Waals surface area contributed by atoms with Gasteiger partial charge in [-0.25, -0.2) is 9.59 Å². The second kappa shape index (κ2) is 12.7. The number of hydrogen-bond donors (Lipinski definition) is 2. The zero-order valence-corrected chi connectivity index (χ0v) is 22.5. The Morgan fingerprint density at radius 2 is 1.92 bits per heavy atom. The van der Waals surface area contributed by atoms with E-state index in [2.05, 4.69) is 5.32 Å². The molecule has 0 unspecified atom stereocenters. The third-order valence-electron chi connectivity index (χ3n) is 6.39. The van der Waals surface area contributed by atoms with Crippen molar-refractivity contribution in [2.24, 2.45) is 0 Å². The van der Waals surface area contributed by atoms with Gasteiger partial charge < -0.3 is 34.1 Å². The lowest BCUT2D eigenvalue weighted by Crippen LogP contribution is -2.63. The standard InChI is InChI=1S/C28H37NO9/c1-6-35-22(31)15-20-16-28(26(33)34-5,14-10-13-19-11-8-7-9-12-19)38-25(23(20)29-18(2)30)24(32)21-17-36-27(3,4)37-21/h7-13,15,21,23-25,32H,6,14,16-17H2,1-5H3,(H,29,30)/b13-10+,20-15+/t21-,23-,24-,25-,28-/m1/s1. The summed E-state index contributed by atoms with van der Waals surface area (Å²) in [6, 6.07) is 8.55. The molecule has 1 aromatic carbocycles. The number of benzene rings is 1. The van der Waals surface area contributed by atoms with Crippen LogP contribution in [0.3, 0.4) is 0 Å². The van der Waals surface area contributed by atoms with Gasteiger partial charge in [0.1, 0.15) is 18.3 Å². The van der Waals surface area contributed by atoms with Crippen LogP contribution >= 0.6 is 0 Å². The summed E-state index contributed by atoms with van der Waals surface area (Å²) in [6.45, 7) is 6.62. The lowest BCUT2D eigenvalue weighted by Gasteiger charge is -2.46. The number of ether oxygens (including phenoxy) is 5. The van der Waals surface area contributed by atoms with Gasteiger partial charge in [-0.05, 0) is 31.9 Å². The van der Waals surface area contributed by atoms with Crippen molar-refractivity contribution in [1.82, 2.24) is 5.32 Å². The maximum absolute atomic E-state index is 13.3. The number of methoxy groups -OCH3 is 1. The van der Waals surface area contributed by atoms with Crippen molar-refractivity contribution in [3.8, 4) is 0 Å². The minimum atomic E-state index is -1.60. The molecule has 1 amide bonds. The first kappa shape index (κ1) is 29.5. The van der Waals surface area contributed by atoms with Crippen molar-refractivity contribution in [1.29, 1.82) is 0 Å². The van der Waals surface area contributed by atoms with E-state index in [4.69, 9.17) is 23.7 Å². The van der Waals surface area contributed by atoms with Gasteiger partial charge in [-0.15, -0.1) is 0 Å². The molecular weight excluding hydrogens is 494 g/mol. The van der Waals surface area contributed by atoms with Crippen LogP contribution in [0.15, 0.2) is 48.1 Å². The molecule has 0 aromatic heterocycles. The van der Waals surface area contributed by atoms with Crippen molar-refractivity contribution in [3.63, 3.8) is 0 Å². The van der Waals surface area contributed by atoms with E-state index in [1.165, 1.54) is 20.1 Å². The van der Waals surface area contributed by atoms with E-state index in [-0.39, 0.29) is 26.1 Å². The first-order chi connectivity index (χ1) is 18.0. The van der Waals surface area contributed by atoms with E-state index in [0.29, 0.717) is 5.57 Å². The quantitative estimate of drug-likeness (QED) is 0.364. The van der Waals surface area contributed by atoms with Gasteiger partial charge in [0.15, 0.2) is 11.4 Å². The van der Waals surface area contributed by atoms with Crippen molar-refractivity contribution >= 4 is 23.9 Å². The predicted octanol–water partition coefficient (Wildman–Crippen LogP) is 2.30. The van der Waals surface area contributed by atoms with Gasteiger partial charge >= 0.3 is 11.9 Å². The highest BCUT2D eigenvalue weighted by Crippen LogP contribution is 2.40. The Balaban J connectivity index is 2.05. The van der Waals surface area contributed by atoms with E-state index >= 15 is 0 Å². The number of nitrogens with one attached hydrogen (secondary N) is 1. The minimum absolute atomic E-state index is 0.0663. The molecule has 2 saturated heterocycles. The average Bonchev–Trinajstić information content (AvgIpc) is 3.24. The Bertz CT molecular complexity index is 1050. The van der Waals surface area contributed by atoms with Gasteiger partial charge in [0.25, 0.3) is 0 Å². The Morgan fingerprint density at radius 1 is 1.21 bits per heavy atom. The number of hydrogen-bond acceptors (Lipinski definition) is 9. The fourth-order valence-corrected chi connectivity index (χ4v) is 4.71. The van der Waals surface area contributed by atoms with Crippen LogP contribution in [0.4, 0.5) is 0 Å². The predicted molar refractivity (Wildman–Crippen MR) is 138 cm³/mol. The molecule has 2 aliphatic heterocycles. The summed E-state index contributed by atoms with van der Waals surface area (Å²) in [5.41, 5.74) is -0.337. The third kappa shape index (κ3) is 7.28. The molecule has 0 bridgehead atoms. The van der Waals surface area contributed by atoms with Gasteiger partial charge in [0.2, 0.25) is 5.91 Å². The Kier molecular flexibility index (Phi) is 9.83. The molecule has 208 valence electrons. The molecule has 10 nitrogen and oxygen atoms in total. The zero-order valence-electron chi connectivity index (χ0n) is 22.5. The minimum Gasteiger partial charge on any atom is -0.467 e. The fraction of sp³-hybridized carbons (Fsp3) is 0.536. The van der Waals surface area contributed by atoms with Crippen LogP contribution < -0.4 is 5.32 Å². The number of aliphatic hydroxyl groups is 1. The highest BCUT2D eigenvalue weighted by Gasteiger charge is 2.54. The molecule has 2 N–H and O–H groups in total. The smallest absolute Gasteiger partial charge is 0.338 e. The second-order valence-corrected chi connectivity index (χ2v) is 9.77. The number of aliphatic hydroxyl groups excluding tert-OH is 1. The molecule has 38 heavy (non-hydrogen) atoms. The van der Waals surface area contributed by atoms with Crippen LogP contribution in [-0.2, 0) is 38.1 Å². The lowest BCUT2D eigenvalue weighted by atomic mass is 9.79. The number of esters is 2. The second-order valence-electron chi connectivity index (χ2n) is 9.77. The molecule has 0 radical (unpaired) electrons. The average molecular weight is 532 g/mol. The van der Waals surface area contributed by atoms with E-state index in [1.807, 2.05) is 36.4 Å². The van der Waals surface area contributed by atoms with Gasteiger partial charge in [0.05, 0.1) is 26.4 Å². The molecule has 2 heterocycles. The molecule has 2 aliphatic rings. The monoisotopic (exact) mass is 531 g/mol. The molecule has 10 heteroatoms. The summed E-state index contributed by atoms with van der Waals surface area (Å²) in [7, 11) is 1.24. The molecule has 0 saturated carbocycles.